The highest BCUT2D eigenvalue weighted by atomic mass is 16.2. The number of rotatable bonds is 2. The fraction of sp³-hybridized carbons (Fsp3) is 0.684. The smallest absolute Gasteiger partial charge is 0.245 e. The van der Waals surface area contributed by atoms with Crippen molar-refractivity contribution in [3.05, 3.63) is 17.7 Å². The van der Waals surface area contributed by atoms with Crippen LogP contribution in [0.5, 0.6) is 0 Å². The van der Waals surface area contributed by atoms with Crippen LogP contribution in [0, 0.1) is 5.92 Å². The number of likely N-dealkylation sites (tertiary alicyclic amines) is 1. The molecule has 0 unspecified atom stereocenters. The third kappa shape index (κ3) is 2.64. The maximum Gasteiger partial charge on any atom is 0.245 e. The Labute approximate surface area is 157 Å². The zero-order valence-electron chi connectivity index (χ0n) is 15.4. The summed E-state index contributed by atoms with van der Waals surface area (Å²) in [7, 11) is 0. The maximum atomic E-state index is 13.0. The fourth-order valence-electron chi connectivity index (χ4n) is 4.97. The van der Waals surface area contributed by atoms with Crippen LogP contribution in [-0.4, -0.2) is 63.2 Å². The van der Waals surface area contributed by atoms with Gasteiger partial charge in [0.1, 0.15) is 6.04 Å². The normalized spacial score (nSPS) is 26.8. The number of imidazole rings is 1. The van der Waals surface area contributed by atoms with Crippen LogP contribution in [-0.2, 0) is 26.3 Å². The van der Waals surface area contributed by atoms with Crippen LogP contribution in [0.15, 0.2) is 6.33 Å². The number of amides is 3. The first-order chi connectivity index (χ1) is 13.1. The Bertz CT molecular complexity index is 791. The van der Waals surface area contributed by atoms with Gasteiger partial charge in [-0.1, -0.05) is 0 Å². The molecule has 1 aromatic heterocycles. The molecule has 1 atom stereocenters. The number of carbonyl (C=O) groups excluding carboxylic acids is 3. The van der Waals surface area contributed by atoms with E-state index in [2.05, 4.69) is 20.2 Å². The van der Waals surface area contributed by atoms with Crippen molar-refractivity contribution in [1.82, 2.24) is 25.1 Å². The summed E-state index contributed by atoms with van der Waals surface area (Å²) in [5, 5.41) is 2.77. The standard InChI is InChI=1S/C19H25N5O3/c25-15-4-3-14(22-15)18(27)23-9-6-19(7-10-23)16-13(20-11-21-16)5-8-24(19)17(26)12-1-2-12/h11-12,14H,1-10H2,(H,20,21)(H,22,25)/t14-/m0/s1. The summed E-state index contributed by atoms with van der Waals surface area (Å²) in [6.45, 7) is 1.90. The number of aromatic nitrogens is 2. The van der Waals surface area contributed by atoms with Gasteiger partial charge in [-0.15, -0.1) is 0 Å². The van der Waals surface area contributed by atoms with E-state index in [0.29, 0.717) is 38.8 Å². The highest BCUT2D eigenvalue weighted by Crippen LogP contribution is 2.45. The van der Waals surface area contributed by atoms with Crippen molar-refractivity contribution in [2.24, 2.45) is 5.92 Å². The van der Waals surface area contributed by atoms with E-state index in [0.717, 1.165) is 37.2 Å². The summed E-state index contributed by atoms with van der Waals surface area (Å²) >= 11 is 0. The molecular weight excluding hydrogens is 346 g/mol. The number of piperidine rings is 1. The summed E-state index contributed by atoms with van der Waals surface area (Å²) in [5.74, 6) is 0.396. The molecule has 1 aromatic rings. The Balaban J connectivity index is 1.37. The lowest BCUT2D eigenvalue weighted by Crippen LogP contribution is -2.60. The van der Waals surface area contributed by atoms with Crippen LogP contribution in [0.4, 0.5) is 0 Å². The van der Waals surface area contributed by atoms with Crippen LogP contribution < -0.4 is 5.32 Å². The van der Waals surface area contributed by atoms with Crippen LogP contribution in [0.1, 0.15) is 49.9 Å². The Morgan fingerprint density at radius 3 is 2.52 bits per heavy atom. The minimum atomic E-state index is -0.400. The number of aromatic amines is 1. The van der Waals surface area contributed by atoms with Gasteiger partial charge in [0.2, 0.25) is 17.7 Å². The molecule has 2 saturated heterocycles. The van der Waals surface area contributed by atoms with Gasteiger partial charge in [0.15, 0.2) is 0 Å². The van der Waals surface area contributed by atoms with Gasteiger partial charge in [0.05, 0.1) is 17.6 Å². The molecule has 1 spiro atoms. The Hall–Kier alpha value is -2.38. The van der Waals surface area contributed by atoms with E-state index in [4.69, 9.17) is 0 Å². The molecule has 4 heterocycles. The second-order valence-corrected chi connectivity index (χ2v) is 8.26. The Morgan fingerprint density at radius 1 is 1.07 bits per heavy atom. The summed E-state index contributed by atoms with van der Waals surface area (Å²) in [6, 6.07) is -0.386. The number of H-pyrrole nitrogens is 1. The number of carbonyl (C=O) groups is 3. The molecule has 3 fully saturated rings. The van der Waals surface area contributed by atoms with E-state index in [1.165, 1.54) is 0 Å². The van der Waals surface area contributed by atoms with Gasteiger partial charge in [-0.05, 0) is 32.1 Å². The van der Waals surface area contributed by atoms with Crippen molar-refractivity contribution >= 4 is 17.7 Å². The minimum absolute atomic E-state index is 0.00818. The van der Waals surface area contributed by atoms with Gasteiger partial charge in [-0.3, -0.25) is 14.4 Å². The molecular formula is C19H25N5O3. The van der Waals surface area contributed by atoms with Crippen molar-refractivity contribution in [3.63, 3.8) is 0 Å². The van der Waals surface area contributed by atoms with Gasteiger partial charge in [0.25, 0.3) is 0 Å². The molecule has 2 N–H and O–H groups in total. The molecule has 8 heteroatoms. The molecule has 3 amide bonds. The van der Waals surface area contributed by atoms with E-state index in [9.17, 15) is 14.4 Å². The molecule has 8 nitrogen and oxygen atoms in total. The molecule has 0 radical (unpaired) electrons. The molecule has 1 aliphatic carbocycles. The fourth-order valence-corrected chi connectivity index (χ4v) is 4.97. The lowest BCUT2D eigenvalue weighted by molar-refractivity contribution is -0.146. The van der Waals surface area contributed by atoms with Gasteiger partial charge in [0, 0.05) is 44.1 Å². The second-order valence-electron chi connectivity index (χ2n) is 8.26. The highest BCUT2D eigenvalue weighted by Gasteiger charge is 2.51. The number of hydrogen-bond donors (Lipinski definition) is 2. The van der Waals surface area contributed by atoms with Crippen molar-refractivity contribution in [2.45, 2.75) is 56.5 Å². The Morgan fingerprint density at radius 2 is 1.85 bits per heavy atom. The number of nitrogens with one attached hydrogen (secondary N) is 2. The monoisotopic (exact) mass is 371 g/mol. The van der Waals surface area contributed by atoms with Crippen LogP contribution in [0.3, 0.4) is 0 Å². The molecule has 5 rings (SSSR count). The van der Waals surface area contributed by atoms with Crippen LogP contribution in [0.2, 0.25) is 0 Å². The molecule has 1 saturated carbocycles. The third-order valence-electron chi connectivity index (χ3n) is 6.65. The molecule has 4 aliphatic rings. The van der Waals surface area contributed by atoms with Gasteiger partial charge in [-0.25, -0.2) is 4.98 Å². The number of nitrogens with zero attached hydrogens (tertiary/aromatic N) is 3. The molecule has 3 aliphatic heterocycles. The maximum absolute atomic E-state index is 13.0. The predicted molar refractivity (Wildman–Crippen MR) is 95.4 cm³/mol. The third-order valence-corrected chi connectivity index (χ3v) is 6.65. The van der Waals surface area contributed by atoms with Crippen molar-refractivity contribution in [3.8, 4) is 0 Å². The van der Waals surface area contributed by atoms with E-state index in [1.54, 1.807) is 6.33 Å². The summed E-state index contributed by atoms with van der Waals surface area (Å²) in [6.07, 6.45) is 6.93. The second kappa shape index (κ2) is 6.07. The number of hydrogen-bond acceptors (Lipinski definition) is 4. The first-order valence-corrected chi connectivity index (χ1v) is 10.0. The molecule has 0 aromatic carbocycles. The molecule has 0 bridgehead atoms. The predicted octanol–water partition coefficient (Wildman–Crippen LogP) is 0.301. The SMILES string of the molecule is O=C1CC[C@@H](C(=O)N2CCC3(CC2)c2nc[nH]c2CCN3C(=O)C2CC2)N1. The quantitative estimate of drug-likeness (QED) is 0.781. The largest absolute Gasteiger partial charge is 0.348 e. The van der Waals surface area contributed by atoms with Crippen molar-refractivity contribution in [1.29, 1.82) is 0 Å². The summed E-state index contributed by atoms with van der Waals surface area (Å²) in [4.78, 5) is 48.9. The first-order valence-electron chi connectivity index (χ1n) is 10.0. The number of fused-ring (bicyclic) bond motifs is 2. The zero-order valence-corrected chi connectivity index (χ0v) is 15.4. The van der Waals surface area contributed by atoms with Crippen LogP contribution in [0.25, 0.3) is 0 Å². The van der Waals surface area contributed by atoms with Crippen molar-refractivity contribution < 1.29 is 14.4 Å². The summed E-state index contributed by atoms with van der Waals surface area (Å²) < 4.78 is 0. The lowest BCUT2D eigenvalue weighted by Gasteiger charge is -2.50. The van der Waals surface area contributed by atoms with E-state index < -0.39 is 5.54 Å². The van der Waals surface area contributed by atoms with Crippen molar-refractivity contribution in [2.75, 3.05) is 19.6 Å². The molecule has 27 heavy (non-hydrogen) atoms. The highest BCUT2D eigenvalue weighted by molar-refractivity contribution is 5.91. The van der Waals surface area contributed by atoms with E-state index >= 15 is 0 Å². The van der Waals surface area contributed by atoms with Gasteiger partial charge < -0.3 is 20.1 Å². The van der Waals surface area contributed by atoms with E-state index in [1.807, 2.05) is 4.90 Å². The lowest BCUT2D eigenvalue weighted by atomic mass is 9.78. The Kier molecular flexibility index (Phi) is 3.77. The average Bonchev–Trinajstić information content (AvgIpc) is 3.25. The minimum Gasteiger partial charge on any atom is -0.348 e. The van der Waals surface area contributed by atoms with Gasteiger partial charge in [-0.2, -0.15) is 0 Å². The summed E-state index contributed by atoms with van der Waals surface area (Å²) in [5.41, 5.74) is 1.71. The van der Waals surface area contributed by atoms with E-state index in [-0.39, 0.29) is 29.7 Å². The molecule has 144 valence electrons. The van der Waals surface area contributed by atoms with Gasteiger partial charge >= 0.3 is 0 Å². The van der Waals surface area contributed by atoms with Crippen LogP contribution >= 0.6 is 0 Å². The topological polar surface area (TPSA) is 98.4 Å². The first kappa shape index (κ1) is 16.8. The zero-order chi connectivity index (χ0) is 18.6. The average molecular weight is 371 g/mol.